The number of halogens is 1. The molecule has 0 aliphatic heterocycles. The van der Waals surface area contributed by atoms with E-state index in [1.165, 1.54) is 12.0 Å². The van der Waals surface area contributed by atoms with Gasteiger partial charge in [0.1, 0.15) is 0 Å². The van der Waals surface area contributed by atoms with Crippen molar-refractivity contribution in [2.24, 2.45) is 5.92 Å². The van der Waals surface area contributed by atoms with Crippen LogP contribution in [0.3, 0.4) is 0 Å². The summed E-state index contributed by atoms with van der Waals surface area (Å²) in [5, 5.41) is 0. The fraction of sp³-hybridized carbons (Fsp3) is 0.571. The summed E-state index contributed by atoms with van der Waals surface area (Å²) in [5.74, 6) is 0.745. The zero-order valence-corrected chi connectivity index (χ0v) is 12.6. The number of nitrogen functional groups attached to an aromatic ring is 1. The average Bonchev–Trinajstić information content (AvgIpc) is 2.32. The van der Waals surface area contributed by atoms with Crippen LogP contribution in [0.15, 0.2) is 22.7 Å². The lowest BCUT2D eigenvalue weighted by molar-refractivity contribution is 0.238. The van der Waals surface area contributed by atoms with Gasteiger partial charge in [-0.25, -0.2) is 0 Å². The van der Waals surface area contributed by atoms with Crippen LogP contribution < -0.4 is 5.73 Å². The van der Waals surface area contributed by atoms with Gasteiger partial charge in [0.15, 0.2) is 0 Å². The van der Waals surface area contributed by atoms with Crippen molar-refractivity contribution in [3.63, 3.8) is 0 Å². The molecule has 0 bridgehead atoms. The molecule has 96 valence electrons. The second-order valence-corrected chi connectivity index (χ2v) is 5.55. The maximum Gasteiger partial charge on any atom is 0.0318 e. The number of benzene rings is 1. The quantitative estimate of drug-likeness (QED) is 0.807. The molecule has 0 spiro atoms. The Hall–Kier alpha value is -0.540. The van der Waals surface area contributed by atoms with Crippen LogP contribution in [0.2, 0.25) is 0 Å². The van der Waals surface area contributed by atoms with Gasteiger partial charge in [-0.05, 0) is 36.2 Å². The van der Waals surface area contributed by atoms with Gasteiger partial charge in [0.05, 0.1) is 0 Å². The van der Waals surface area contributed by atoms with Crippen LogP contribution in [-0.2, 0) is 6.54 Å². The van der Waals surface area contributed by atoms with Crippen molar-refractivity contribution >= 4 is 21.6 Å². The van der Waals surface area contributed by atoms with Gasteiger partial charge in [-0.15, -0.1) is 0 Å². The van der Waals surface area contributed by atoms with E-state index in [-0.39, 0.29) is 0 Å². The summed E-state index contributed by atoms with van der Waals surface area (Å²) >= 11 is 3.59. The van der Waals surface area contributed by atoms with Crippen molar-refractivity contribution in [3.05, 3.63) is 28.2 Å². The van der Waals surface area contributed by atoms with Crippen molar-refractivity contribution in [1.29, 1.82) is 0 Å². The Labute approximate surface area is 113 Å². The molecule has 1 rings (SSSR count). The predicted octanol–water partition coefficient (Wildman–Crippen LogP) is 3.90. The number of nitrogens with zero attached hydrogens (tertiary/aromatic N) is 1. The van der Waals surface area contributed by atoms with Crippen molar-refractivity contribution in [3.8, 4) is 0 Å². The third-order valence-corrected chi connectivity index (χ3v) is 3.95. The van der Waals surface area contributed by atoms with Gasteiger partial charge in [-0.2, -0.15) is 0 Å². The third kappa shape index (κ3) is 4.68. The van der Waals surface area contributed by atoms with Gasteiger partial charge >= 0.3 is 0 Å². The van der Waals surface area contributed by atoms with E-state index in [2.05, 4.69) is 47.7 Å². The number of hydrogen-bond donors (Lipinski definition) is 1. The Kier molecular flexibility index (Phi) is 6.00. The Bertz CT molecular complexity index is 352. The highest BCUT2D eigenvalue weighted by molar-refractivity contribution is 9.10. The molecule has 0 aliphatic carbocycles. The van der Waals surface area contributed by atoms with Crippen LogP contribution in [0, 0.1) is 5.92 Å². The normalized spacial score (nSPS) is 13.0. The molecule has 0 amide bonds. The largest absolute Gasteiger partial charge is 0.399 e. The summed E-state index contributed by atoms with van der Waals surface area (Å²) < 4.78 is 1.15. The molecule has 2 N–H and O–H groups in total. The summed E-state index contributed by atoms with van der Waals surface area (Å²) in [6, 6.07) is 6.02. The number of anilines is 1. The molecule has 1 aromatic carbocycles. The number of nitrogens with two attached hydrogens (primary N) is 1. The molecule has 0 aromatic heterocycles. The van der Waals surface area contributed by atoms with Crippen LogP contribution in [0.1, 0.15) is 32.8 Å². The highest BCUT2D eigenvalue weighted by atomic mass is 79.9. The van der Waals surface area contributed by atoms with E-state index in [0.717, 1.165) is 35.7 Å². The first kappa shape index (κ1) is 14.5. The zero-order chi connectivity index (χ0) is 12.8. The van der Waals surface area contributed by atoms with E-state index < -0.39 is 0 Å². The summed E-state index contributed by atoms with van der Waals surface area (Å²) in [6.07, 6.45) is 1.23. The summed E-state index contributed by atoms with van der Waals surface area (Å²) in [4.78, 5) is 2.47. The first-order valence-electron chi connectivity index (χ1n) is 6.33. The smallest absolute Gasteiger partial charge is 0.0318 e. The van der Waals surface area contributed by atoms with E-state index >= 15 is 0 Å². The maximum absolute atomic E-state index is 5.83. The second kappa shape index (κ2) is 7.02. The van der Waals surface area contributed by atoms with Crippen LogP contribution >= 0.6 is 15.9 Å². The molecule has 3 heteroatoms. The molecule has 1 unspecified atom stereocenters. The SMILES string of the molecule is CCC(C)CN(CC)Cc1cc(N)ccc1Br. The van der Waals surface area contributed by atoms with E-state index in [9.17, 15) is 0 Å². The lowest BCUT2D eigenvalue weighted by Crippen LogP contribution is -2.28. The first-order valence-corrected chi connectivity index (χ1v) is 7.12. The number of hydrogen-bond acceptors (Lipinski definition) is 2. The van der Waals surface area contributed by atoms with Gasteiger partial charge in [0.2, 0.25) is 0 Å². The lowest BCUT2D eigenvalue weighted by Gasteiger charge is -2.24. The standard InChI is InChI=1S/C14H23BrN2/c1-4-11(3)9-17(5-2)10-12-8-13(16)6-7-14(12)15/h6-8,11H,4-5,9-10,16H2,1-3H3. The molecular weight excluding hydrogens is 276 g/mol. The Morgan fingerprint density at radius 2 is 2.06 bits per heavy atom. The Morgan fingerprint density at radius 1 is 1.35 bits per heavy atom. The molecular formula is C14H23BrN2. The Morgan fingerprint density at radius 3 is 2.65 bits per heavy atom. The van der Waals surface area contributed by atoms with Crippen molar-refractivity contribution in [1.82, 2.24) is 4.90 Å². The summed E-state index contributed by atoms with van der Waals surface area (Å²) in [5.41, 5.74) is 7.94. The summed E-state index contributed by atoms with van der Waals surface area (Å²) in [6.45, 7) is 9.95. The molecule has 0 fully saturated rings. The van der Waals surface area contributed by atoms with Crippen molar-refractivity contribution < 1.29 is 0 Å². The maximum atomic E-state index is 5.83. The molecule has 1 atom stereocenters. The highest BCUT2D eigenvalue weighted by Gasteiger charge is 2.10. The van der Waals surface area contributed by atoms with Gasteiger partial charge < -0.3 is 5.73 Å². The predicted molar refractivity (Wildman–Crippen MR) is 79.0 cm³/mol. The monoisotopic (exact) mass is 298 g/mol. The van der Waals surface area contributed by atoms with E-state index in [0.29, 0.717) is 0 Å². The minimum Gasteiger partial charge on any atom is -0.399 e. The second-order valence-electron chi connectivity index (χ2n) is 4.69. The summed E-state index contributed by atoms with van der Waals surface area (Å²) in [7, 11) is 0. The van der Waals surface area contributed by atoms with Crippen molar-refractivity contribution in [2.45, 2.75) is 33.7 Å². The molecule has 0 heterocycles. The minimum absolute atomic E-state index is 0.745. The fourth-order valence-corrected chi connectivity index (χ4v) is 2.20. The molecule has 0 aliphatic rings. The van der Waals surface area contributed by atoms with E-state index in [1.54, 1.807) is 0 Å². The first-order chi connectivity index (χ1) is 8.06. The van der Waals surface area contributed by atoms with Crippen LogP contribution in [-0.4, -0.2) is 18.0 Å². The minimum atomic E-state index is 0.745. The third-order valence-electron chi connectivity index (χ3n) is 3.18. The zero-order valence-electron chi connectivity index (χ0n) is 11.0. The van der Waals surface area contributed by atoms with Crippen LogP contribution in [0.25, 0.3) is 0 Å². The molecule has 2 nitrogen and oxygen atoms in total. The topological polar surface area (TPSA) is 29.3 Å². The van der Waals surface area contributed by atoms with Gasteiger partial charge in [-0.3, -0.25) is 4.90 Å². The molecule has 17 heavy (non-hydrogen) atoms. The molecule has 1 aromatic rings. The Balaban J connectivity index is 2.69. The fourth-order valence-electron chi connectivity index (χ4n) is 1.83. The van der Waals surface area contributed by atoms with Crippen LogP contribution in [0.5, 0.6) is 0 Å². The van der Waals surface area contributed by atoms with Crippen LogP contribution in [0.4, 0.5) is 5.69 Å². The molecule has 0 saturated heterocycles. The molecule has 0 saturated carbocycles. The van der Waals surface area contributed by atoms with Gasteiger partial charge in [0, 0.05) is 23.2 Å². The van der Waals surface area contributed by atoms with E-state index in [1.807, 2.05) is 12.1 Å². The number of rotatable bonds is 6. The van der Waals surface area contributed by atoms with Gasteiger partial charge in [0.25, 0.3) is 0 Å². The highest BCUT2D eigenvalue weighted by Crippen LogP contribution is 2.21. The lowest BCUT2D eigenvalue weighted by atomic mass is 10.1. The van der Waals surface area contributed by atoms with Crippen molar-refractivity contribution in [2.75, 3.05) is 18.8 Å². The molecule has 0 radical (unpaired) electrons. The average molecular weight is 299 g/mol. The van der Waals surface area contributed by atoms with E-state index in [4.69, 9.17) is 5.73 Å². The van der Waals surface area contributed by atoms with Gasteiger partial charge in [-0.1, -0.05) is 43.1 Å².